The zero-order valence-electron chi connectivity index (χ0n) is 15.4. The highest BCUT2D eigenvalue weighted by atomic mass is 35.5. The van der Waals surface area contributed by atoms with E-state index in [0.717, 1.165) is 5.56 Å². The average Bonchev–Trinajstić information content (AvgIpc) is 3.05. The summed E-state index contributed by atoms with van der Waals surface area (Å²) in [6, 6.07) is 3.44. The van der Waals surface area contributed by atoms with E-state index in [0.29, 0.717) is 29.7 Å². The summed E-state index contributed by atoms with van der Waals surface area (Å²) in [5.74, 6) is 0.740. The number of nitrogens with zero attached hydrogens (tertiary/aromatic N) is 3. The molecule has 1 heterocycles. The molecule has 0 saturated heterocycles. The first-order valence-electron chi connectivity index (χ1n) is 8.26. The predicted octanol–water partition coefficient (Wildman–Crippen LogP) is 2.37. The lowest BCUT2D eigenvalue weighted by atomic mass is 10.1. The second kappa shape index (κ2) is 8.75. The summed E-state index contributed by atoms with van der Waals surface area (Å²) in [6.45, 7) is 8.39. The summed E-state index contributed by atoms with van der Waals surface area (Å²) in [7, 11) is 0. The molecule has 26 heavy (non-hydrogen) atoms. The Morgan fingerprint density at radius 1 is 1.19 bits per heavy atom. The van der Waals surface area contributed by atoms with Gasteiger partial charge in [-0.2, -0.15) is 0 Å². The number of benzene rings is 1. The molecule has 0 aliphatic carbocycles. The van der Waals surface area contributed by atoms with Gasteiger partial charge in [-0.3, -0.25) is 4.79 Å². The van der Waals surface area contributed by atoms with Crippen LogP contribution in [0.3, 0.4) is 0 Å². The third kappa shape index (κ3) is 6.11. The number of aromatic nitrogens is 3. The predicted molar refractivity (Wildman–Crippen MR) is 99.1 cm³/mol. The summed E-state index contributed by atoms with van der Waals surface area (Å²) < 4.78 is 12.9. The van der Waals surface area contributed by atoms with E-state index >= 15 is 0 Å². The Balaban J connectivity index is 2.08. The Hall–Kier alpha value is -2.48. The fourth-order valence-electron chi connectivity index (χ4n) is 2.15. The molecule has 0 fully saturated rings. The molecule has 0 unspecified atom stereocenters. The van der Waals surface area contributed by atoms with Gasteiger partial charge in [0.05, 0.1) is 13.2 Å². The van der Waals surface area contributed by atoms with E-state index in [1.807, 2.05) is 27.7 Å². The van der Waals surface area contributed by atoms with Gasteiger partial charge >= 0.3 is 0 Å². The van der Waals surface area contributed by atoms with E-state index in [1.165, 1.54) is 0 Å². The number of ether oxygens (including phenoxy) is 2. The number of amides is 1. The number of hydrogen-bond donors (Lipinski definition) is 2. The summed E-state index contributed by atoms with van der Waals surface area (Å²) in [6.07, 6.45) is 3.09. The lowest BCUT2D eigenvalue weighted by Gasteiger charge is -2.21. The van der Waals surface area contributed by atoms with Crippen LogP contribution in [0.15, 0.2) is 24.8 Å². The van der Waals surface area contributed by atoms with Crippen LogP contribution in [0.25, 0.3) is 0 Å². The minimum Gasteiger partial charge on any atom is -0.490 e. The summed E-state index contributed by atoms with van der Waals surface area (Å²) >= 11 is 6.35. The normalized spacial score (nSPS) is 11.1. The standard InChI is InChI=1S/C17H24ClN5O3/c1-5-25-14-6-12(8-21-23-10-19-20-11-23)13(18)7-15(14)26-9-16(24)22-17(2,3)4/h6-7,10-11,21H,5,8-9H2,1-4H3,(H,22,24). The van der Waals surface area contributed by atoms with Crippen LogP contribution >= 0.6 is 11.6 Å². The molecule has 2 aromatic rings. The van der Waals surface area contributed by atoms with E-state index in [1.54, 1.807) is 29.5 Å². The van der Waals surface area contributed by atoms with Crippen LogP contribution in [0, 0.1) is 0 Å². The van der Waals surface area contributed by atoms with Gasteiger partial charge < -0.3 is 20.2 Å². The molecule has 1 aromatic heterocycles. The second-order valence-corrected chi connectivity index (χ2v) is 7.02. The highest BCUT2D eigenvalue weighted by Crippen LogP contribution is 2.33. The Kier molecular flexibility index (Phi) is 6.68. The van der Waals surface area contributed by atoms with Gasteiger partial charge in [0.2, 0.25) is 0 Å². The third-order valence-electron chi connectivity index (χ3n) is 3.16. The Labute approximate surface area is 157 Å². The maximum absolute atomic E-state index is 12.0. The van der Waals surface area contributed by atoms with Gasteiger partial charge in [0.1, 0.15) is 12.7 Å². The quantitative estimate of drug-likeness (QED) is 0.729. The van der Waals surface area contributed by atoms with Crippen molar-refractivity contribution in [2.24, 2.45) is 0 Å². The highest BCUT2D eigenvalue weighted by Gasteiger charge is 2.16. The molecule has 1 aromatic carbocycles. The van der Waals surface area contributed by atoms with Gasteiger partial charge in [-0.25, -0.2) is 4.68 Å². The summed E-state index contributed by atoms with van der Waals surface area (Å²) in [4.78, 5) is 12.0. The monoisotopic (exact) mass is 381 g/mol. The molecule has 0 atom stereocenters. The largest absolute Gasteiger partial charge is 0.490 e. The van der Waals surface area contributed by atoms with Crippen LogP contribution in [0.2, 0.25) is 5.02 Å². The van der Waals surface area contributed by atoms with Crippen LogP contribution in [0.5, 0.6) is 11.5 Å². The molecule has 0 spiro atoms. The van der Waals surface area contributed by atoms with Crippen LogP contribution in [-0.4, -0.2) is 39.5 Å². The Bertz CT molecular complexity index is 729. The van der Waals surface area contributed by atoms with Gasteiger partial charge in [0, 0.05) is 16.6 Å². The number of carbonyl (C=O) groups is 1. The highest BCUT2D eigenvalue weighted by molar-refractivity contribution is 6.31. The molecule has 0 aliphatic rings. The van der Waals surface area contributed by atoms with Crippen LogP contribution in [-0.2, 0) is 11.3 Å². The molecule has 0 radical (unpaired) electrons. The first-order chi connectivity index (χ1) is 12.3. The summed E-state index contributed by atoms with van der Waals surface area (Å²) in [5, 5.41) is 10.8. The minimum absolute atomic E-state index is 0.119. The molecule has 0 saturated carbocycles. The van der Waals surface area contributed by atoms with Gasteiger partial charge in [-0.05, 0) is 39.3 Å². The van der Waals surface area contributed by atoms with E-state index in [2.05, 4.69) is 20.9 Å². The van der Waals surface area contributed by atoms with Crippen LogP contribution in [0.1, 0.15) is 33.3 Å². The fourth-order valence-corrected chi connectivity index (χ4v) is 2.37. The van der Waals surface area contributed by atoms with Crippen molar-refractivity contribution in [3.05, 3.63) is 35.4 Å². The number of rotatable bonds is 8. The minimum atomic E-state index is -0.321. The zero-order valence-corrected chi connectivity index (χ0v) is 16.1. The average molecular weight is 382 g/mol. The van der Waals surface area contributed by atoms with E-state index < -0.39 is 0 Å². The van der Waals surface area contributed by atoms with Crippen molar-refractivity contribution in [2.75, 3.05) is 18.6 Å². The topological polar surface area (TPSA) is 90.3 Å². The smallest absolute Gasteiger partial charge is 0.258 e. The molecule has 2 N–H and O–H groups in total. The van der Waals surface area contributed by atoms with Gasteiger partial charge in [-0.1, -0.05) is 11.6 Å². The van der Waals surface area contributed by atoms with Crippen molar-refractivity contribution in [3.63, 3.8) is 0 Å². The maximum atomic E-state index is 12.0. The molecule has 142 valence electrons. The van der Waals surface area contributed by atoms with Crippen molar-refractivity contribution < 1.29 is 14.3 Å². The van der Waals surface area contributed by atoms with Crippen molar-refractivity contribution >= 4 is 17.5 Å². The maximum Gasteiger partial charge on any atom is 0.258 e. The molecule has 9 heteroatoms. The van der Waals surface area contributed by atoms with Crippen LogP contribution < -0.4 is 20.2 Å². The number of nitrogens with one attached hydrogen (secondary N) is 2. The molecule has 0 aliphatic heterocycles. The van der Waals surface area contributed by atoms with Gasteiger partial charge in [0.15, 0.2) is 18.1 Å². The van der Waals surface area contributed by atoms with Gasteiger partial charge in [0.25, 0.3) is 5.91 Å². The number of halogens is 1. The zero-order chi connectivity index (χ0) is 19.2. The van der Waals surface area contributed by atoms with E-state index in [-0.39, 0.29) is 18.1 Å². The molecular weight excluding hydrogens is 358 g/mol. The SMILES string of the molecule is CCOc1cc(CNn2cnnc2)c(Cl)cc1OCC(=O)NC(C)(C)C. The van der Waals surface area contributed by atoms with Crippen molar-refractivity contribution in [3.8, 4) is 11.5 Å². The second-order valence-electron chi connectivity index (χ2n) is 6.61. The Morgan fingerprint density at radius 3 is 2.46 bits per heavy atom. The first kappa shape index (κ1) is 19.8. The molecule has 8 nitrogen and oxygen atoms in total. The molecule has 2 rings (SSSR count). The van der Waals surface area contributed by atoms with Crippen LogP contribution in [0.4, 0.5) is 0 Å². The number of hydrogen-bond acceptors (Lipinski definition) is 6. The third-order valence-corrected chi connectivity index (χ3v) is 3.51. The van der Waals surface area contributed by atoms with Crippen molar-refractivity contribution in [1.29, 1.82) is 0 Å². The lowest BCUT2D eigenvalue weighted by Crippen LogP contribution is -2.43. The molecular formula is C17H24ClN5O3. The van der Waals surface area contributed by atoms with E-state index in [9.17, 15) is 4.79 Å². The van der Waals surface area contributed by atoms with Crippen molar-refractivity contribution in [2.45, 2.75) is 39.8 Å². The van der Waals surface area contributed by atoms with Gasteiger partial charge in [-0.15, -0.1) is 10.2 Å². The lowest BCUT2D eigenvalue weighted by molar-refractivity contribution is -0.124. The molecule has 0 bridgehead atoms. The van der Waals surface area contributed by atoms with Crippen molar-refractivity contribution in [1.82, 2.24) is 20.2 Å². The van der Waals surface area contributed by atoms with E-state index in [4.69, 9.17) is 21.1 Å². The Morgan fingerprint density at radius 2 is 1.85 bits per heavy atom. The number of carbonyl (C=O) groups excluding carboxylic acids is 1. The first-order valence-corrected chi connectivity index (χ1v) is 8.64. The molecule has 1 amide bonds. The summed E-state index contributed by atoms with van der Waals surface area (Å²) in [5.41, 5.74) is 3.59. The fraction of sp³-hybridized carbons (Fsp3) is 0.471.